The van der Waals surface area contributed by atoms with E-state index in [-0.39, 0.29) is 0 Å². The first-order chi connectivity index (χ1) is 9.01. The average Bonchev–Trinajstić information content (AvgIpc) is 2.67. The molecule has 1 N–H and O–H groups in total. The Morgan fingerprint density at radius 1 is 1.32 bits per heavy atom. The number of nitrogens with zero attached hydrogens (tertiary/aromatic N) is 2. The van der Waals surface area contributed by atoms with Gasteiger partial charge in [-0.3, -0.25) is 4.79 Å². The third-order valence-corrected chi connectivity index (χ3v) is 4.74. The maximum Gasteiger partial charge on any atom is 0.315 e. The number of imidazole rings is 1. The maximum absolute atomic E-state index is 11.5. The molecule has 0 unspecified atom stereocenters. The highest BCUT2D eigenvalue weighted by Gasteiger charge is 2.38. The standard InChI is InChI=1S/C15H22N2O2/c1-15(2,14(18)19)12-11-8-3-4-9-17(11)13(16-12)10-6-5-7-10/h10H,3-9H2,1-2H3,(H,18,19). The van der Waals surface area contributed by atoms with Crippen LogP contribution in [0, 0.1) is 0 Å². The van der Waals surface area contributed by atoms with E-state index in [0.717, 1.165) is 30.9 Å². The summed E-state index contributed by atoms with van der Waals surface area (Å²) < 4.78 is 2.33. The quantitative estimate of drug-likeness (QED) is 0.911. The summed E-state index contributed by atoms with van der Waals surface area (Å²) >= 11 is 0. The molecule has 4 nitrogen and oxygen atoms in total. The number of carbonyl (C=O) groups is 1. The summed E-state index contributed by atoms with van der Waals surface area (Å²) in [6, 6.07) is 0. The van der Waals surface area contributed by atoms with Gasteiger partial charge in [0, 0.05) is 18.2 Å². The molecule has 104 valence electrons. The van der Waals surface area contributed by atoms with Crippen LogP contribution in [0.2, 0.25) is 0 Å². The second kappa shape index (κ2) is 4.36. The lowest BCUT2D eigenvalue weighted by molar-refractivity contribution is -0.142. The average molecular weight is 262 g/mol. The third-order valence-electron chi connectivity index (χ3n) is 4.74. The Morgan fingerprint density at radius 3 is 2.63 bits per heavy atom. The largest absolute Gasteiger partial charge is 0.481 e. The lowest BCUT2D eigenvalue weighted by Crippen LogP contribution is -2.31. The van der Waals surface area contributed by atoms with Gasteiger partial charge in [-0.05, 0) is 46.0 Å². The number of carboxylic acids is 1. The summed E-state index contributed by atoms with van der Waals surface area (Å²) in [5.41, 5.74) is 1.11. The van der Waals surface area contributed by atoms with Crippen molar-refractivity contribution in [3.8, 4) is 0 Å². The highest BCUT2D eigenvalue weighted by molar-refractivity contribution is 5.80. The maximum atomic E-state index is 11.5. The van der Waals surface area contributed by atoms with Crippen molar-refractivity contribution in [2.75, 3.05) is 0 Å². The van der Waals surface area contributed by atoms with Crippen LogP contribution in [0.3, 0.4) is 0 Å². The molecule has 0 aromatic carbocycles. The van der Waals surface area contributed by atoms with E-state index in [1.54, 1.807) is 13.8 Å². The van der Waals surface area contributed by atoms with Crippen LogP contribution < -0.4 is 0 Å². The summed E-state index contributed by atoms with van der Waals surface area (Å²) in [4.78, 5) is 16.3. The predicted octanol–water partition coefficient (Wildman–Crippen LogP) is 2.85. The fourth-order valence-electron chi connectivity index (χ4n) is 3.15. The van der Waals surface area contributed by atoms with Crippen LogP contribution in [0.25, 0.3) is 0 Å². The minimum atomic E-state index is -0.879. The van der Waals surface area contributed by atoms with Crippen molar-refractivity contribution in [3.05, 3.63) is 17.2 Å². The molecule has 0 atom stereocenters. The second-order valence-corrected chi connectivity index (χ2v) is 6.43. The van der Waals surface area contributed by atoms with Crippen molar-refractivity contribution < 1.29 is 9.90 Å². The van der Waals surface area contributed by atoms with Crippen LogP contribution in [0.4, 0.5) is 0 Å². The van der Waals surface area contributed by atoms with Gasteiger partial charge >= 0.3 is 5.97 Å². The van der Waals surface area contributed by atoms with Gasteiger partial charge in [-0.1, -0.05) is 6.42 Å². The Hall–Kier alpha value is -1.32. The molecule has 3 rings (SSSR count). The van der Waals surface area contributed by atoms with Gasteiger partial charge in [0.15, 0.2) is 0 Å². The molecule has 1 aromatic heterocycles. The number of fused-ring (bicyclic) bond motifs is 1. The molecular weight excluding hydrogens is 240 g/mol. The molecule has 0 spiro atoms. The molecule has 2 heterocycles. The Morgan fingerprint density at radius 2 is 2.05 bits per heavy atom. The molecule has 0 amide bonds. The fourth-order valence-corrected chi connectivity index (χ4v) is 3.15. The molecule has 2 aliphatic rings. The van der Waals surface area contributed by atoms with Gasteiger partial charge in [0.05, 0.1) is 5.69 Å². The molecule has 4 heteroatoms. The predicted molar refractivity (Wildman–Crippen MR) is 72.4 cm³/mol. The molecule has 1 fully saturated rings. The Kier molecular flexibility index (Phi) is 2.91. The first kappa shape index (κ1) is 12.7. The Labute approximate surface area is 113 Å². The number of hydrogen-bond donors (Lipinski definition) is 1. The molecule has 0 radical (unpaired) electrons. The van der Waals surface area contributed by atoms with Gasteiger partial charge < -0.3 is 9.67 Å². The minimum Gasteiger partial charge on any atom is -0.481 e. The van der Waals surface area contributed by atoms with Crippen LogP contribution in [-0.4, -0.2) is 20.6 Å². The monoisotopic (exact) mass is 262 g/mol. The van der Waals surface area contributed by atoms with Crippen molar-refractivity contribution in [1.29, 1.82) is 0 Å². The first-order valence-electron chi connectivity index (χ1n) is 7.35. The van der Waals surface area contributed by atoms with Gasteiger partial charge in [0.25, 0.3) is 0 Å². The number of rotatable bonds is 3. The first-order valence-corrected chi connectivity index (χ1v) is 7.35. The summed E-state index contributed by atoms with van der Waals surface area (Å²) in [5.74, 6) is 0.944. The number of aliphatic carboxylic acids is 1. The fraction of sp³-hybridized carbons (Fsp3) is 0.733. The van der Waals surface area contributed by atoms with Crippen LogP contribution in [0.5, 0.6) is 0 Å². The highest BCUT2D eigenvalue weighted by atomic mass is 16.4. The molecule has 1 aromatic rings. The molecule has 0 saturated heterocycles. The summed E-state index contributed by atoms with van der Waals surface area (Å²) in [6.45, 7) is 4.57. The molecular formula is C15H22N2O2. The molecule has 1 aliphatic heterocycles. The summed E-state index contributed by atoms with van der Waals surface area (Å²) in [7, 11) is 0. The molecule has 1 saturated carbocycles. The van der Waals surface area contributed by atoms with Gasteiger partial charge in [0.2, 0.25) is 0 Å². The Balaban J connectivity index is 2.09. The van der Waals surface area contributed by atoms with Gasteiger partial charge in [-0.25, -0.2) is 4.98 Å². The molecule has 1 aliphatic carbocycles. The van der Waals surface area contributed by atoms with Gasteiger partial charge in [-0.15, -0.1) is 0 Å². The third kappa shape index (κ3) is 1.88. The Bertz CT molecular complexity index is 512. The van der Waals surface area contributed by atoms with E-state index < -0.39 is 11.4 Å². The van der Waals surface area contributed by atoms with E-state index in [2.05, 4.69) is 4.57 Å². The van der Waals surface area contributed by atoms with Crippen molar-refractivity contribution in [1.82, 2.24) is 9.55 Å². The van der Waals surface area contributed by atoms with Crippen molar-refractivity contribution >= 4 is 5.97 Å². The second-order valence-electron chi connectivity index (χ2n) is 6.43. The lowest BCUT2D eigenvalue weighted by atomic mass is 9.84. The normalized spacial score (nSPS) is 19.9. The van der Waals surface area contributed by atoms with Crippen LogP contribution >= 0.6 is 0 Å². The van der Waals surface area contributed by atoms with Crippen molar-refractivity contribution in [2.45, 2.75) is 70.3 Å². The van der Waals surface area contributed by atoms with Gasteiger partial charge in [0.1, 0.15) is 11.2 Å². The number of carboxylic acid groups (broad SMARTS) is 1. The topological polar surface area (TPSA) is 55.1 Å². The zero-order valence-electron chi connectivity index (χ0n) is 11.8. The van der Waals surface area contributed by atoms with E-state index in [0.29, 0.717) is 5.92 Å². The zero-order chi connectivity index (χ0) is 13.6. The minimum absolute atomic E-state index is 0.565. The summed E-state index contributed by atoms with van der Waals surface area (Å²) in [5, 5.41) is 9.47. The van der Waals surface area contributed by atoms with E-state index in [1.165, 1.54) is 31.4 Å². The van der Waals surface area contributed by atoms with E-state index >= 15 is 0 Å². The van der Waals surface area contributed by atoms with Crippen LogP contribution in [0.1, 0.15) is 69.1 Å². The number of hydrogen-bond acceptors (Lipinski definition) is 2. The van der Waals surface area contributed by atoms with E-state index in [1.807, 2.05) is 0 Å². The molecule has 0 bridgehead atoms. The highest BCUT2D eigenvalue weighted by Crippen LogP contribution is 2.40. The van der Waals surface area contributed by atoms with Crippen LogP contribution in [-0.2, 0) is 23.2 Å². The van der Waals surface area contributed by atoms with E-state index in [4.69, 9.17) is 4.98 Å². The summed E-state index contributed by atoms with van der Waals surface area (Å²) in [6.07, 6.45) is 7.03. The van der Waals surface area contributed by atoms with E-state index in [9.17, 15) is 9.90 Å². The SMILES string of the molecule is CC(C)(C(=O)O)c1nc(C2CCC2)n2c1CCCC2. The smallest absolute Gasteiger partial charge is 0.315 e. The van der Waals surface area contributed by atoms with Crippen LogP contribution in [0.15, 0.2) is 0 Å². The van der Waals surface area contributed by atoms with Crippen molar-refractivity contribution in [2.24, 2.45) is 0 Å². The zero-order valence-corrected chi connectivity index (χ0v) is 11.8. The number of aromatic nitrogens is 2. The molecule has 19 heavy (non-hydrogen) atoms. The van der Waals surface area contributed by atoms with Gasteiger partial charge in [-0.2, -0.15) is 0 Å². The van der Waals surface area contributed by atoms with Crippen molar-refractivity contribution in [3.63, 3.8) is 0 Å². The lowest BCUT2D eigenvalue weighted by Gasteiger charge is -2.27.